The van der Waals surface area contributed by atoms with Crippen molar-refractivity contribution in [1.29, 1.82) is 0 Å². The van der Waals surface area contributed by atoms with Gasteiger partial charge in [-0.3, -0.25) is 4.79 Å². The normalized spacial score (nSPS) is 10.5. The molecule has 0 aliphatic heterocycles. The molecule has 1 amide bonds. The number of hydrogen-bond donors (Lipinski definition) is 1. The van der Waals surface area contributed by atoms with Crippen molar-refractivity contribution in [2.75, 3.05) is 7.11 Å². The van der Waals surface area contributed by atoms with E-state index in [0.29, 0.717) is 5.82 Å². The summed E-state index contributed by atoms with van der Waals surface area (Å²) in [7, 11) is 1.60. The van der Waals surface area contributed by atoms with Gasteiger partial charge in [0.1, 0.15) is 5.75 Å². The number of hydrogen-bond acceptors (Lipinski definition) is 4. The van der Waals surface area contributed by atoms with Gasteiger partial charge < -0.3 is 10.5 Å². The summed E-state index contributed by atoms with van der Waals surface area (Å²) in [4.78, 5) is 15.7. The van der Waals surface area contributed by atoms with Gasteiger partial charge in [0.2, 0.25) is 5.82 Å². The van der Waals surface area contributed by atoms with E-state index in [0.717, 1.165) is 21.5 Å². The summed E-state index contributed by atoms with van der Waals surface area (Å²) < 4.78 is 7.69. The van der Waals surface area contributed by atoms with Crippen molar-refractivity contribution < 1.29 is 9.53 Å². The Balaban J connectivity index is 2.13. The summed E-state index contributed by atoms with van der Waals surface area (Å²) in [6, 6.07) is 14.9. The van der Waals surface area contributed by atoms with Crippen LogP contribution in [0.4, 0.5) is 0 Å². The summed E-state index contributed by atoms with van der Waals surface area (Å²) in [6.45, 7) is 0. The van der Waals surface area contributed by atoms with E-state index in [2.05, 4.69) is 26.0 Å². The van der Waals surface area contributed by atoms with Gasteiger partial charge in [-0.2, -0.15) is 0 Å². The Morgan fingerprint density at radius 2 is 1.78 bits per heavy atom. The molecule has 0 fully saturated rings. The van der Waals surface area contributed by atoms with Crippen LogP contribution in [-0.4, -0.2) is 27.8 Å². The third kappa shape index (κ3) is 3.09. The first kappa shape index (κ1) is 15.2. The van der Waals surface area contributed by atoms with Crippen molar-refractivity contribution in [2.45, 2.75) is 0 Å². The summed E-state index contributed by atoms with van der Waals surface area (Å²) >= 11 is 3.39. The third-order valence-corrected chi connectivity index (χ3v) is 3.78. The highest BCUT2D eigenvalue weighted by Crippen LogP contribution is 2.24. The summed E-state index contributed by atoms with van der Waals surface area (Å²) in [5.74, 6) is 0.569. The standard InChI is InChI=1S/C16H13BrN4O2/c1-23-13-8-6-12(7-9-13)21-16(19-15(20-21)14(18)22)10-2-4-11(17)5-3-10/h2-9H,1H3,(H2,18,22). The summed E-state index contributed by atoms with van der Waals surface area (Å²) in [5, 5.41) is 4.21. The average Bonchev–Trinajstić information content (AvgIpc) is 3.01. The van der Waals surface area contributed by atoms with Gasteiger partial charge >= 0.3 is 0 Å². The van der Waals surface area contributed by atoms with E-state index in [-0.39, 0.29) is 5.82 Å². The molecule has 23 heavy (non-hydrogen) atoms. The number of primary amides is 1. The molecule has 116 valence electrons. The number of rotatable bonds is 4. The lowest BCUT2D eigenvalue weighted by atomic mass is 10.2. The number of halogens is 1. The van der Waals surface area contributed by atoms with Crippen LogP contribution in [-0.2, 0) is 0 Å². The Morgan fingerprint density at radius 3 is 2.35 bits per heavy atom. The van der Waals surface area contributed by atoms with Crippen LogP contribution in [0.15, 0.2) is 53.0 Å². The number of aromatic nitrogens is 3. The lowest BCUT2D eigenvalue weighted by Crippen LogP contribution is -2.13. The molecule has 0 spiro atoms. The van der Waals surface area contributed by atoms with Crippen molar-refractivity contribution >= 4 is 21.8 Å². The monoisotopic (exact) mass is 372 g/mol. The smallest absolute Gasteiger partial charge is 0.288 e. The van der Waals surface area contributed by atoms with Gasteiger partial charge in [-0.05, 0) is 36.4 Å². The SMILES string of the molecule is COc1ccc(-n2nc(C(N)=O)nc2-c2ccc(Br)cc2)cc1. The van der Waals surface area contributed by atoms with Crippen molar-refractivity contribution in [3.05, 3.63) is 58.8 Å². The molecular weight excluding hydrogens is 360 g/mol. The predicted octanol–water partition coefficient (Wildman–Crippen LogP) is 2.80. The minimum absolute atomic E-state index is 0.0289. The number of benzene rings is 2. The Hall–Kier alpha value is -2.67. The zero-order chi connectivity index (χ0) is 16.4. The van der Waals surface area contributed by atoms with E-state index in [9.17, 15) is 4.79 Å². The molecule has 0 aliphatic rings. The highest BCUT2D eigenvalue weighted by atomic mass is 79.9. The number of methoxy groups -OCH3 is 1. The van der Waals surface area contributed by atoms with Crippen molar-refractivity contribution in [1.82, 2.24) is 14.8 Å². The zero-order valence-electron chi connectivity index (χ0n) is 12.2. The van der Waals surface area contributed by atoms with E-state index in [1.165, 1.54) is 0 Å². The number of carbonyl (C=O) groups excluding carboxylic acids is 1. The molecule has 0 unspecified atom stereocenters. The molecule has 0 bridgehead atoms. The molecule has 0 saturated carbocycles. The van der Waals surface area contributed by atoms with E-state index in [1.54, 1.807) is 11.8 Å². The molecule has 2 aromatic carbocycles. The van der Waals surface area contributed by atoms with Crippen molar-refractivity contribution in [3.8, 4) is 22.8 Å². The maximum absolute atomic E-state index is 11.4. The maximum atomic E-state index is 11.4. The first-order valence-corrected chi connectivity index (χ1v) is 7.55. The molecule has 0 aliphatic carbocycles. The van der Waals surface area contributed by atoms with Crippen LogP contribution in [0.3, 0.4) is 0 Å². The number of carbonyl (C=O) groups is 1. The van der Waals surface area contributed by atoms with Gasteiger partial charge in [0.25, 0.3) is 5.91 Å². The Kier molecular flexibility index (Phi) is 4.12. The lowest BCUT2D eigenvalue weighted by molar-refractivity contribution is 0.0990. The largest absolute Gasteiger partial charge is 0.497 e. The van der Waals surface area contributed by atoms with Crippen LogP contribution in [0, 0.1) is 0 Å². The summed E-state index contributed by atoms with van der Waals surface area (Å²) in [6.07, 6.45) is 0. The Labute approximate surface area is 141 Å². The number of amides is 1. The van der Waals surface area contributed by atoms with Gasteiger partial charge in [-0.25, -0.2) is 9.67 Å². The predicted molar refractivity (Wildman–Crippen MR) is 89.6 cm³/mol. The molecular formula is C16H13BrN4O2. The Morgan fingerprint density at radius 1 is 1.13 bits per heavy atom. The lowest BCUT2D eigenvalue weighted by Gasteiger charge is -2.07. The quantitative estimate of drug-likeness (QED) is 0.762. The van der Waals surface area contributed by atoms with Crippen molar-refractivity contribution in [2.24, 2.45) is 5.73 Å². The van der Waals surface area contributed by atoms with Gasteiger partial charge in [0.15, 0.2) is 5.82 Å². The van der Waals surface area contributed by atoms with Crippen LogP contribution >= 0.6 is 15.9 Å². The molecule has 0 atom stereocenters. The number of ether oxygens (including phenoxy) is 1. The topological polar surface area (TPSA) is 83.0 Å². The van der Waals surface area contributed by atoms with Crippen LogP contribution < -0.4 is 10.5 Å². The number of nitrogens with two attached hydrogens (primary N) is 1. The molecule has 6 nitrogen and oxygen atoms in total. The third-order valence-electron chi connectivity index (χ3n) is 3.25. The highest BCUT2D eigenvalue weighted by molar-refractivity contribution is 9.10. The van der Waals surface area contributed by atoms with Crippen LogP contribution in [0.1, 0.15) is 10.6 Å². The molecule has 3 aromatic rings. The summed E-state index contributed by atoms with van der Waals surface area (Å²) in [5.41, 5.74) is 6.89. The van der Waals surface area contributed by atoms with E-state index >= 15 is 0 Å². The van der Waals surface area contributed by atoms with Crippen LogP contribution in [0.2, 0.25) is 0 Å². The van der Waals surface area contributed by atoms with Crippen LogP contribution in [0.5, 0.6) is 5.75 Å². The van der Waals surface area contributed by atoms with Crippen molar-refractivity contribution in [3.63, 3.8) is 0 Å². The van der Waals surface area contributed by atoms with Gasteiger partial charge in [0, 0.05) is 10.0 Å². The van der Waals surface area contributed by atoms with Crippen LogP contribution in [0.25, 0.3) is 17.1 Å². The fraction of sp³-hybridized carbons (Fsp3) is 0.0625. The van der Waals surface area contributed by atoms with E-state index in [1.807, 2.05) is 48.5 Å². The fourth-order valence-electron chi connectivity index (χ4n) is 2.11. The highest BCUT2D eigenvalue weighted by Gasteiger charge is 2.16. The molecule has 0 radical (unpaired) electrons. The molecule has 1 aromatic heterocycles. The molecule has 2 N–H and O–H groups in total. The average molecular weight is 373 g/mol. The minimum atomic E-state index is -0.671. The molecule has 3 rings (SSSR count). The van der Waals surface area contributed by atoms with E-state index in [4.69, 9.17) is 10.5 Å². The maximum Gasteiger partial charge on any atom is 0.288 e. The first-order valence-electron chi connectivity index (χ1n) is 6.75. The fourth-order valence-corrected chi connectivity index (χ4v) is 2.37. The second-order valence-corrected chi connectivity index (χ2v) is 5.66. The van der Waals surface area contributed by atoms with Gasteiger partial charge in [-0.15, -0.1) is 5.10 Å². The van der Waals surface area contributed by atoms with Gasteiger partial charge in [-0.1, -0.05) is 28.1 Å². The van der Waals surface area contributed by atoms with Gasteiger partial charge in [0.05, 0.1) is 12.8 Å². The number of nitrogens with zero attached hydrogens (tertiary/aromatic N) is 3. The minimum Gasteiger partial charge on any atom is -0.497 e. The second kappa shape index (κ2) is 6.21. The second-order valence-electron chi connectivity index (χ2n) is 4.74. The Bertz CT molecular complexity index is 842. The first-order chi connectivity index (χ1) is 11.1. The molecule has 7 heteroatoms. The molecule has 1 heterocycles. The zero-order valence-corrected chi connectivity index (χ0v) is 13.8. The molecule has 0 saturated heterocycles. The van der Waals surface area contributed by atoms with E-state index < -0.39 is 5.91 Å².